The van der Waals surface area contributed by atoms with E-state index in [1.807, 2.05) is 19.1 Å². The van der Waals surface area contributed by atoms with Gasteiger partial charge in [-0.05, 0) is 62.7 Å². The highest BCUT2D eigenvalue weighted by atomic mass is 19.1. The maximum atomic E-state index is 12.9. The van der Waals surface area contributed by atoms with Crippen molar-refractivity contribution in [1.82, 2.24) is 5.32 Å². The second kappa shape index (κ2) is 7.44. The number of hydrogen-bond acceptors (Lipinski definition) is 3. The number of anilines is 1. The molecule has 0 radical (unpaired) electrons. The number of benzene rings is 2. The maximum absolute atomic E-state index is 12.9. The van der Waals surface area contributed by atoms with Gasteiger partial charge in [-0.1, -0.05) is 12.1 Å². The van der Waals surface area contributed by atoms with Crippen LogP contribution in [0, 0.1) is 5.82 Å². The van der Waals surface area contributed by atoms with Crippen molar-refractivity contribution in [3.05, 3.63) is 65.5 Å². The van der Waals surface area contributed by atoms with E-state index in [2.05, 4.69) is 10.6 Å². The zero-order chi connectivity index (χ0) is 18.6. The predicted octanol–water partition coefficient (Wildman–Crippen LogP) is 2.99. The van der Waals surface area contributed by atoms with Gasteiger partial charge in [-0.3, -0.25) is 9.59 Å². The molecule has 0 bridgehead atoms. The van der Waals surface area contributed by atoms with Crippen molar-refractivity contribution in [3.63, 3.8) is 0 Å². The van der Waals surface area contributed by atoms with Gasteiger partial charge in [0.15, 0.2) is 0 Å². The monoisotopic (exact) mass is 343 g/mol. The lowest BCUT2D eigenvalue weighted by molar-refractivity contribution is -0.125. The number of carbonyl (C=O) groups excluding carboxylic acids is 2. The number of rotatable bonds is 5. The summed E-state index contributed by atoms with van der Waals surface area (Å²) in [6.07, 6.45) is 0. The molecule has 0 aromatic heterocycles. The van der Waals surface area contributed by atoms with Crippen molar-refractivity contribution < 1.29 is 14.0 Å². The van der Waals surface area contributed by atoms with Gasteiger partial charge in [0.05, 0.1) is 11.6 Å². The molecule has 4 N–H and O–H groups in total. The number of nitrogens with two attached hydrogens (primary N) is 1. The first-order valence-corrected chi connectivity index (χ1v) is 7.93. The molecule has 2 aromatic carbocycles. The van der Waals surface area contributed by atoms with Crippen LogP contribution in [-0.4, -0.2) is 17.4 Å². The van der Waals surface area contributed by atoms with Crippen molar-refractivity contribution in [1.29, 1.82) is 0 Å². The zero-order valence-electron chi connectivity index (χ0n) is 14.5. The molecule has 2 amide bonds. The molecule has 0 heterocycles. The molecule has 25 heavy (non-hydrogen) atoms. The number of amides is 2. The quantitative estimate of drug-likeness (QED) is 0.780. The Morgan fingerprint density at radius 2 is 1.60 bits per heavy atom. The molecule has 0 saturated carbocycles. The summed E-state index contributed by atoms with van der Waals surface area (Å²) in [6.45, 7) is 5.14. The molecule has 0 spiro atoms. The lowest BCUT2D eigenvalue weighted by Gasteiger charge is -2.22. The smallest absolute Gasteiger partial charge is 0.255 e. The molecule has 2 aromatic rings. The minimum atomic E-state index is -0.947. The Hall–Kier alpha value is -2.73. The maximum Gasteiger partial charge on any atom is 0.255 e. The summed E-state index contributed by atoms with van der Waals surface area (Å²) < 4.78 is 12.9. The molecular weight excluding hydrogens is 321 g/mol. The summed E-state index contributed by atoms with van der Waals surface area (Å²) in [4.78, 5) is 24.0. The normalized spacial score (nSPS) is 12.4. The Bertz CT molecular complexity index is 750. The lowest BCUT2D eigenvalue weighted by Crippen LogP contribution is -2.49. The number of carbonyl (C=O) groups is 2. The minimum absolute atomic E-state index is 0.211. The Kier molecular flexibility index (Phi) is 5.54. The van der Waals surface area contributed by atoms with Gasteiger partial charge in [-0.25, -0.2) is 4.39 Å². The van der Waals surface area contributed by atoms with Crippen LogP contribution in [-0.2, 0) is 4.79 Å². The van der Waals surface area contributed by atoms with Gasteiger partial charge in [0.1, 0.15) is 5.82 Å². The summed E-state index contributed by atoms with van der Waals surface area (Å²) in [5, 5.41) is 5.58. The fourth-order valence-electron chi connectivity index (χ4n) is 2.13. The number of nitrogens with one attached hydrogen (secondary N) is 2. The van der Waals surface area contributed by atoms with Crippen molar-refractivity contribution in [2.24, 2.45) is 5.73 Å². The fraction of sp³-hybridized carbons (Fsp3) is 0.263. The second-order valence-corrected chi connectivity index (χ2v) is 6.50. The number of halogens is 1. The highest BCUT2D eigenvalue weighted by molar-refractivity contribution is 6.04. The van der Waals surface area contributed by atoms with Crippen molar-refractivity contribution in [2.75, 3.05) is 5.32 Å². The molecule has 1 atom stereocenters. The number of hydrogen-bond donors (Lipinski definition) is 3. The largest absolute Gasteiger partial charge is 0.348 e. The summed E-state index contributed by atoms with van der Waals surface area (Å²) in [5.41, 5.74) is 6.68. The third-order valence-electron chi connectivity index (χ3n) is 3.71. The van der Waals surface area contributed by atoms with E-state index in [-0.39, 0.29) is 17.9 Å². The van der Waals surface area contributed by atoms with Crippen LogP contribution in [0.3, 0.4) is 0 Å². The third-order valence-corrected chi connectivity index (χ3v) is 3.71. The average Bonchev–Trinajstić information content (AvgIpc) is 2.55. The Morgan fingerprint density at radius 1 is 1.04 bits per heavy atom. The molecule has 6 heteroatoms. The molecule has 0 aliphatic heterocycles. The fourth-order valence-corrected chi connectivity index (χ4v) is 2.13. The Morgan fingerprint density at radius 3 is 2.12 bits per heavy atom. The summed E-state index contributed by atoms with van der Waals surface area (Å²) in [6, 6.07) is 12.2. The lowest BCUT2D eigenvalue weighted by atomic mass is 10.0. The third kappa shape index (κ3) is 5.12. The first kappa shape index (κ1) is 18.6. The van der Waals surface area contributed by atoms with Crippen LogP contribution in [0.5, 0.6) is 0 Å². The molecule has 1 unspecified atom stereocenters. The van der Waals surface area contributed by atoms with Crippen LogP contribution in [0.4, 0.5) is 10.1 Å². The first-order chi connectivity index (χ1) is 11.7. The van der Waals surface area contributed by atoms with E-state index in [1.165, 1.54) is 24.3 Å². The Balaban J connectivity index is 2.00. The van der Waals surface area contributed by atoms with Crippen LogP contribution in [0.25, 0.3) is 0 Å². The molecule has 0 saturated heterocycles. The second-order valence-electron chi connectivity index (χ2n) is 6.50. The molecule has 2 rings (SSSR count). The van der Waals surface area contributed by atoms with E-state index in [0.717, 1.165) is 5.56 Å². The molecule has 0 fully saturated rings. The molecular formula is C19H22FN3O2. The van der Waals surface area contributed by atoms with Gasteiger partial charge in [0.2, 0.25) is 5.91 Å². The molecule has 0 aliphatic rings. The van der Waals surface area contributed by atoms with Crippen molar-refractivity contribution in [3.8, 4) is 0 Å². The van der Waals surface area contributed by atoms with Gasteiger partial charge >= 0.3 is 0 Å². The highest BCUT2D eigenvalue weighted by Crippen LogP contribution is 2.17. The first-order valence-electron chi connectivity index (χ1n) is 7.93. The van der Waals surface area contributed by atoms with E-state index in [9.17, 15) is 14.0 Å². The van der Waals surface area contributed by atoms with E-state index >= 15 is 0 Å². The van der Waals surface area contributed by atoms with Crippen LogP contribution < -0.4 is 16.4 Å². The summed E-state index contributed by atoms with van der Waals surface area (Å²) in [7, 11) is 0. The van der Waals surface area contributed by atoms with E-state index in [0.29, 0.717) is 11.3 Å². The van der Waals surface area contributed by atoms with Crippen LogP contribution in [0.15, 0.2) is 48.5 Å². The van der Waals surface area contributed by atoms with Crippen molar-refractivity contribution >= 4 is 17.5 Å². The van der Waals surface area contributed by atoms with Gasteiger partial charge in [-0.15, -0.1) is 0 Å². The van der Waals surface area contributed by atoms with Crippen LogP contribution in [0.2, 0.25) is 0 Å². The van der Waals surface area contributed by atoms with Gasteiger partial charge in [0.25, 0.3) is 5.91 Å². The minimum Gasteiger partial charge on any atom is -0.348 e. The standard InChI is InChI=1S/C19H22FN3O2/c1-12(22-18(25)19(2,3)21)13-6-10-16(11-7-13)23-17(24)14-4-8-15(20)9-5-14/h4-12H,21H2,1-3H3,(H,22,25)(H,23,24). The van der Waals surface area contributed by atoms with Crippen LogP contribution in [0.1, 0.15) is 42.7 Å². The SMILES string of the molecule is CC(NC(=O)C(C)(C)N)c1ccc(NC(=O)c2ccc(F)cc2)cc1. The van der Waals surface area contributed by atoms with Gasteiger partial charge in [-0.2, -0.15) is 0 Å². The van der Waals surface area contributed by atoms with Gasteiger partial charge in [0, 0.05) is 11.3 Å². The van der Waals surface area contributed by atoms with Crippen LogP contribution >= 0.6 is 0 Å². The van der Waals surface area contributed by atoms with Crippen molar-refractivity contribution in [2.45, 2.75) is 32.4 Å². The molecule has 0 aliphatic carbocycles. The Labute approximate surface area is 146 Å². The predicted molar refractivity (Wildman–Crippen MR) is 95.6 cm³/mol. The molecule has 132 valence electrons. The van der Waals surface area contributed by atoms with E-state index in [4.69, 9.17) is 5.73 Å². The zero-order valence-corrected chi connectivity index (χ0v) is 14.5. The average molecular weight is 343 g/mol. The highest BCUT2D eigenvalue weighted by Gasteiger charge is 2.23. The summed E-state index contributed by atoms with van der Waals surface area (Å²) >= 11 is 0. The van der Waals surface area contributed by atoms with E-state index in [1.54, 1.807) is 26.0 Å². The van der Waals surface area contributed by atoms with Gasteiger partial charge < -0.3 is 16.4 Å². The van der Waals surface area contributed by atoms with E-state index < -0.39 is 11.4 Å². The topological polar surface area (TPSA) is 84.2 Å². The summed E-state index contributed by atoms with van der Waals surface area (Å²) in [5.74, 6) is -0.953. The molecule has 5 nitrogen and oxygen atoms in total.